The molecule has 0 atom stereocenters. The Hall–Kier alpha value is -1.26. The summed E-state index contributed by atoms with van der Waals surface area (Å²) < 4.78 is 0. The summed E-state index contributed by atoms with van der Waals surface area (Å²) in [7, 11) is 0. The molecule has 16 heavy (non-hydrogen) atoms. The van der Waals surface area contributed by atoms with Gasteiger partial charge in [-0.3, -0.25) is 0 Å². The SMILES string of the molecule is CC(C)NCc1ccc(-c2cncnc2)s1. The number of rotatable bonds is 4. The highest BCUT2D eigenvalue weighted by Crippen LogP contribution is 2.26. The second-order valence-electron chi connectivity index (χ2n) is 3.93. The molecule has 0 spiro atoms. The van der Waals surface area contributed by atoms with Crippen molar-refractivity contribution in [2.24, 2.45) is 0 Å². The van der Waals surface area contributed by atoms with E-state index in [1.54, 1.807) is 17.7 Å². The monoisotopic (exact) mass is 233 g/mol. The lowest BCUT2D eigenvalue weighted by Gasteiger charge is -2.05. The lowest BCUT2D eigenvalue weighted by molar-refractivity contribution is 0.593. The molecule has 3 nitrogen and oxygen atoms in total. The maximum absolute atomic E-state index is 4.02. The van der Waals surface area contributed by atoms with Crippen LogP contribution in [0.1, 0.15) is 18.7 Å². The number of nitrogens with one attached hydrogen (secondary N) is 1. The first-order valence-electron chi connectivity index (χ1n) is 5.33. The van der Waals surface area contributed by atoms with E-state index in [1.807, 2.05) is 12.4 Å². The fourth-order valence-corrected chi connectivity index (χ4v) is 2.29. The largest absolute Gasteiger partial charge is 0.310 e. The Labute approximate surface area is 99.6 Å². The smallest absolute Gasteiger partial charge is 0.115 e. The van der Waals surface area contributed by atoms with Crippen LogP contribution in [-0.2, 0) is 6.54 Å². The quantitative estimate of drug-likeness (QED) is 0.882. The van der Waals surface area contributed by atoms with Crippen LogP contribution < -0.4 is 5.32 Å². The van der Waals surface area contributed by atoms with Gasteiger partial charge in [-0.15, -0.1) is 11.3 Å². The van der Waals surface area contributed by atoms with Crippen LogP contribution in [0.3, 0.4) is 0 Å². The molecule has 1 N–H and O–H groups in total. The molecule has 2 aromatic heterocycles. The van der Waals surface area contributed by atoms with Gasteiger partial charge in [0.05, 0.1) is 0 Å². The first-order valence-corrected chi connectivity index (χ1v) is 6.15. The highest BCUT2D eigenvalue weighted by molar-refractivity contribution is 7.15. The summed E-state index contributed by atoms with van der Waals surface area (Å²) in [6, 6.07) is 4.80. The van der Waals surface area contributed by atoms with Gasteiger partial charge in [0, 0.05) is 40.3 Å². The lowest BCUT2D eigenvalue weighted by atomic mass is 10.3. The molecule has 0 amide bonds. The van der Waals surface area contributed by atoms with Gasteiger partial charge in [0.15, 0.2) is 0 Å². The Morgan fingerprint density at radius 3 is 2.69 bits per heavy atom. The van der Waals surface area contributed by atoms with Crippen LogP contribution in [0.4, 0.5) is 0 Å². The molecule has 0 saturated carbocycles. The molecule has 0 unspecified atom stereocenters. The zero-order chi connectivity index (χ0) is 11.4. The second kappa shape index (κ2) is 5.18. The summed E-state index contributed by atoms with van der Waals surface area (Å²) in [6.07, 6.45) is 5.25. The normalized spacial score (nSPS) is 10.9. The van der Waals surface area contributed by atoms with E-state index in [4.69, 9.17) is 0 Å². The van der Waals surface area contributed by atoms with Gasteiger partial charge in [-0.1, -0.05) is 13.8 Å². The standard InChI is InChI=1S/C12H15N3S/c1-9(2)15-7-11-3-4-12(16-11)10-5-13-8-14-6-10/h3-6,8-9,15H,7H2,1-2H3. The van der Waals surface area contributed by atoms with E-state index in [9.17, 15) is 0 Å². The molecule has 0 aromatic carbocycles. The van der Waals surface area contributed by atoms with Crippen molar-refractivity contribution in [3.8, 4) is 10.4 Å². The molecule has 2 aromatic rings. The third kappa shape index (κ3) is 2.87. The van der Waals surface area contributed by atoms with Gasteiger partial charge in [-0.25, -0.2) is 9.97 Å². The third-order valence-electron chi connectivity index (χ3n) is 2.19. The van der Waals surface area contributed by atoms with Gasteiger partial charge in [0.2, 0.25) is 0 Å². The van der Waals surface area contributed by atoms with Crippen molar-refractivity contribution in [2.75, 3.05) is 0 Å². The predicted molar refractivity (Wildman–Crippen MR) is 67.3 cm³/mol. The van der Waals surface area contributed by atoms with Gasteiger partial charge in [-0.05, 0) is 12.1 Å². The van der Waals surface area contributed by atoms with Crippen molar-refractivity contribution in [3.05, 3.63) is 35.7 Å². The molecule has 0 aliphatic rings. The van der Waals surface area contributed by atoms with Crippen molar-refractivity contribution in [1.29, 1.82) is 0 Å². The summed E-state index contributed by atoms with van der Waals surface area (Å²) in [5, 5.41) is 3.41. The Bertz CT molecular complexity index is 437. The molecule has 0 saturated heterocycles. The number of nitrogens with zero attached hydrogens (tertiary/aromatic N) is 2. The molecule has 0 radical (unpaired) electrons. The van der Waals surface area contributed by atoms with Gasteiger partial charge in [0.1, 0.15) is 6.33 Å². The van der Waals surface area contributed by atoms with Crippen molar-refractivity contribution < 1.29 is 0 Å². The zero-order valence-electron chi connectivity index (χ0n) is 9.47. The van der Waals surface area contributed by atoms with Crippen LogP contribution in [0.25, 0.3) is 10.4 Å². The van der Waals surface area contributed by atoms with E-state index < -0.39 is 0 Å². The molecular formula is C12H15N3S. The first-order chi connectivity index (χ1) is 7.75. The molecule has 2 heterocycles. The van der Waals surface area contributed by atoms with Crippen molar-refractivity contribution in [1.82, 2.24) is 15.3 Å². The maximum Gasteiger partial charge on any atom is 0.115 e. The highest BCUT2D eigenvalue weighted by Gasteiger charge is 2.03. The summed E-state index contributed by atoms with van der Waals surface area (Å²) in [6.45, 7) is 5.23. The van der Waals surface area contributed by atoms with E-state index in [2.05, 4.69) is 41.3 Å². The van der Waals surface area contributed by atoms with Crippen LogP contribution in [0, 0.1) is 0 Å². The molecule has 0 fully saturated rings. The average molecular weight is 233 g/mol. The van der Waals surface area contributed by atoms with E-state index >= 15 is 0 Å². The number of hydrogen-bond donors (Lipinski definition) is 1. The number of thiophene rings is 1. The van der Waals surface area contributed by atoms with Gasteiger partial charge < -0.3 is 5.32 Å². The van der Waals surface area contributed by atoms with Crippen LogP contribution in [0.2, 0.25) is 0 Å². The maximum atomic E-state index is 4.02. The highest BCUT2D eigenvalue weighted by atomic mass is 32.1. The fraction of sp³-hybridized carbons (Fsp3) is 0.333. The van der Waals surface area contributed by atoms with Crippen LogP contribution in [-0.4, -0.2) is 16.0 Å². The first kappa shape index (κ1) is 11.2. The lowest BCUT2D eigenvalue weighted by Crippen LogP contribution is -2.21. The molecule has 0 bridgehead atoms. The molecule has 4 heteroatoms. The van der Waals surface area contributed by atoms with Gasteiger partial charge >= 0.3 is 0 Å². The summed E-state index contributed by atoms with van der Waals surface area (Å²) >= 11 is 1.79. The van der Waals surface area contributed by atoms with Crippen molar-refractivity contribution in [3.63, 3.8) is 0 Å². The summed E-state index contributed by atoms with van der Waals surface area (Å²) in [5.74, 6) is 0. The fourth-order valence-electron chi connectivity index (χ4n) is 1.36. The molecule has 2 rings (SSSR count). The molecule has 0 aliphatic heterocycles. The Morgan fingerprint density at radius 1 is 1.25 bits per heavy atom. The zero-order valence-corrected chi connectivity index (χ0v) is 10.3. The topological polar surface area (TPSA) is 37.8 Å². The Balaban J connectivity index is 2.08. The average Bonchev–Trinajstić information content (AvgIpc) is 2.76. The van der Waals surface area contributed by atoms with Gasteiger partial charge in [0.25, 0.3) is 0 Å². The van der Waals surface area contributed by atoms with Crippen LogP contribution in [0.15, 0.2) is 30.9 Å². The Kier molecular flexibility index (Phi) is 3.64. The van der Waals surface area contributed by atoms with Crippen LogP contribution >= 0.6 is 11.3 Å². The van der Waals surface area contributed by atoms with E-state index in [1.165, 1.54) is 9.75 Å². The molecule has 84 valence electrons. The second-order valence-corrected chi connectivity index (χ2v) is 5.10. The molecular weight excluding hydrogens is 218 g/mol. The minimum absolute atomic E-state index is 0.519. The predicted octanol–water partition coefficient (Wildman–Crippen LogP) is 2.70. The van der Waals surface area contributed by atoms with Crippen molar-refractivity contribution >= 4 is 11.3 Å². The number of hydrogen-bond acceptors (Lipinski definition) is 4. The van der Waals surface area contributed by atoms with Crippen LogP contribution in [0.5, 0.6) is 0 Å². The third-order valence-corrected chi connectivity index (χ3v) is 3.33. The minimum atomic E-state index is 0.519. The van der Waals surface area contributed by atoms with E-state index in [0.717, 1.165) is 12.1 Å². The Morgan fingerprint density at radius 2 is 2.00 bits per heavy atom. The number of aromatic nitrogens is 2. The van der Waals surface area contributed by atoms with Gasteiger partial charge in [-0.2, -0.15) is 0 Å². The van der Waals surface area contributed by atoms with E-state index in [0.29, 0.717) is 6.04 Å². The minimum Gasteiger partial charge on any atom is -0.310 e. The summed E-state index contributed by atoms with van der Waals surface area (Å²) in [4.78, 5) is 10.6. The van der Waals surface area contributed by atoms with E-state index in [-0.39, 0.29) is 0 Å². The molecule has 0 aliphatic carbocycles. The summed E-state index contributed by atoms with van der Waals surface area (Å²) in [5.41, 5.74) is 1.09. The van der Waals surface area contributed by atoms with Crippen molar-refractivity contribution in [2.45, 2.75) is 26.4 Å².